The standard InChI is InChI=1S/C15H13N3O2S/c1-3-8-18-12-6-4-5-7-13(12)21-15(18)16-14(19)11-9-10(2)20-17-11/h3-7,9H,1,8H2,2H3. The number of benzene rings is 1. The number of fused-ring (bicyclic) bond motifs is 1. The van der Waals surface area contributed by atoms with Crippen LogP contribution in [0.4, 0.5) is 0 Å². The first-order chi connectivity index (χ1) is 10.2. The van der Waals surface area contributed by atoms with Crippen molar-refractivity contribution in [3.63, 3.8) is 0 Å². The number of rotatable bonds is 3. The van der Waals surface area contributed by atoms with Crippen LogP contribution in [0.5, 0.6) is 0 Å². The summed E-state index contributed by atoms with van der Waals surface area (Å²) < 4.78 is 7.94. The Morgan fingerprint density at radius 3 is 3.05 bits per heavy atom. The third kappa shape index (κ3) is 2.57. The zero-order valence-electron chi connectivity index (χ0n) is 11.4. The summed E-state index contributed by atoms with van der Waals surface area (Å²) in [4.78, 5) is 16.9. The highest BCUT2D eigenvalue weighted by atomic mass is 32.1. The molecule has 0 unspecified atom stereocenters. The van der Waals surface area contributed by atoms with Gasteiger partial charge in [0, 0.05) is 12.6 Å². The number of allylic oxidation sites excluding steroid dienone is 1. The van der Waals surface area contributed by atoms with Crippen molar-refractivity contribution in [1.82, 2.24) is 9.72 Å². The summed E-state index contributed by atoms with van der Waals surface area (Å²) in [6.45, 7) is 6.08. The molecule has 0 saturated heterocycles. The first-order valence-corrected chi connectivity index (χ1v) is 7.22. The molecule has 0 aliphatic heterocycles. The van der Waals surface area contributed by atoms with E-state index in [-0.39, 0.29) is 5.69 Å². The van der Waals surface area contributed by atoms with E-state index >= 15 is 0 Å². The van der Waals surface area contributed by atoms with E-state index in [1.54, 1.807) is 19.1 Å². The molecule has 2 aromatic heterocycles. The quantitative estimate of drug-likeness (QED) is 0.699. The van der Waals surface area contributed by atoms with Gasteiger partial charge in [-0.25, -0.2) is 0 Å². The summed E-state index contributed by atoms with van der Waals surface area (Å²) in [5, 5.41) is 3.70. The van der Waals surface area contributed by atoms with Crippen LogP contribution in [-0.4, -0.2) is 15.6 Å². The third-order valence-corrected chi connectivity index (χ3v) is 4.00. The highest BCUT2D eigenvalue weighted by Crippen LogP contribution is 2.16. The minimum Gasteiger partial charge on any atom is -0.361 e. The minimum absolute atomic E-state index is 0.218. The average molecular weight is 299 g/mol. The SMILES string of the molecule is C=CCn1c(=NC(=O)c2cc(C)on2)sc2ccccc21. The molecule has 0 radical (unpaired) electrons. The second-order valence-electron chi connectivity index (χ2n) is 4.49. The number of nitrogens with zero attached hydrogens (tertiary/aromatic N) is 3. The summed E-state index contributed by atoms with van der Waals surface area (Å²) in [6, 6.07) is 9.50. The van der Waals surface area contributed by atoms with Gasteiger partial charge in [-0.1, -0.05) is 34.7 Å². The van der Waals surface area contributed by atoms with Crippen molar-refractivity contribution in [2.45, 2.75) is 13.5 Å². The van der Waals surface area contributed by atoms with Gasteiger partial charge in [-0.3, -0.25) is 4.79 Å². The van der Waals surface area contributed by atoms with E-state index < -0.39 is 5.91 Å². The van der Waals surface area contributed by atoms with Crippen LogP contribution in [0.1, 0.15) is 16.2 Å². The molecule has 3 rings (SSSR count). The summed E-state index contributed by atoms with van der Waals surface area (Å²) in [5.41, 5.74) is 1.25. The third-order valence-electron chi connectivity index (χ3n) is 2.94. The molecule has 6 heteroatoms. The van der Waals surface area contributed by atoms with E-state index in [4.69, 9.17) is 4.52 Å². The Bertz CT molecular complexity index is 886. The van der Waals surface area contributed by atoms with Crippen molar-refractivity contribution >= 4 is 27.5 Å². The van der Waals surface area contributed by atoms with E-state index in [1.807, 2.05) is 28.8 Å². The Morgan fingerprint density at radius 2 is 2.33 bits per heavy atom. The zero-order valence-corrected chi connectivity index (χ0v) is 12.3. The lowest BCUT2D eigenvalue weighted by Gasteiger charge is -1.99. The largest absolute Gasteiger partial charge is 0.361 e. The maximum Gasteiger partial charge on any atom is 0.301 e. The number of hydrogen-bond donors (Lipinski definition) is 0. The van der Waals surface area contributed by atoms with Crippen molar-refractivity contribution in [1.29, 1.82) is 0 Å². The van der Waals surface area contributed by atoms with E-state index in [0.717, 1.165) is 10.2 Å². The molecule has 0 fully saturated rings. The van der Waals surface area contributed by atoms with Crippen molar-refractivity contribution in [3.05, 3.63) is 59.2 Å². The van der Waals surface area contributed by atoms with Gasteiger partial charge in [-0.15, -0.1) is 6.58 Å². The second kappa shape index (κ2) is 5.49. The highest BCUT2D eigenvalue weighted by molar-refractivity contribution is 7.16. The Morgan fingerprint density at radius 1 is 1.52 bits per heavy atom. The zero-order chi connectivity index (χ0) is 14.8. The summed E-state index contributed by atoms with van der Waals surface area (Å²) >= 11 is 1.46. The molecular weight excluding hydrogens is 286 g/mol. The lowest BCUT2D eigenvalue weighted by atomic mass is 10.3. The molecule has 3 aromatic rings. The minimum atomic E-state index is -0.406. The van der Waals surface area contributed by atoms with E-state index in [1.165, 1.54) is 11.3 Å². The van der Waals surface area contributed by atoms with Gasteiger partial charge in [-0.05, 0) is 19.1 Å². The van der Waals surface area contributed by atoms with Crippen LogP contribution in [0, 0.1) is 6.92 Å². The monoisotopic (exact) mass is 299 g/mol. The molecule has 5 nitrogen and oxygen atoms in total. The molecule has 2 heterocycles. The van der Waals surface area contributed by atoms with Crippen molar-refractivity contribution in [3.8, 4) is 0 Å². The van der Waals surface area contributed by atoms with Gasteiger partial charge >= 0.3 is 5.91 Å². The molecule has 1 amide bonds. The van der Waals surface area contributed by atoms with Gasteiger partial charge in [0.1, 0.15) is 5.76 Å². The lowest BCUT2D eigenvalue weighted by molar-refractivity contribution is 0.0989. The number of aryl methyl sites for hydroxylation is 1. The number of para-hydroxylation sites is 1. The molecule has 0 aliphatic carbocycles. The van der Waals surface area contributed by atoms with Crippen LogP contribution in [-0.2, 0) is 6.54 Å². The fraction of sp³-hybridized carbons (Fsp3) is 0.133. The van der Waals surface area contributed by atoms with Gasteiger partial charge in [0.05, 0.1) is 10.2 Å². The van der Waals surface area contributed by atoms with Crippen LogP contribution in [0.25, 0.3) is 10.2 Å². The fourth-order valence-corrected chi connectivity index (χ4v) is 3.06. The molecular formula is C15H13N3O2S. The van der Waals surface area contributed by atoms with Crippen LogP contribution in [0.2, 0.25) is 0 Å². The Hall–Kier alpha value is -2.47. The van der Waals surface area contributed by atoms with Crippen molar-refractivity contribution in [2.75, 3.05) is 0 Å². The molecule has 0 spiro atoms. The van der Waals surface area contributed by atoms with Crippen LogP contribution in [0.15, 0.2) is 52.5 Å². The van der Waals surface area contributed by atoms with Crippen molar-refractivity contribution in [2.24, 2.45) is 4.99 Å². The highest BCUT2D eigenvalue weighted by Gasteiger charge is 2.11. The Kier molecular flexibility index (Phi) is 3.53. The molecule has 1 aromatic carbocycles. The first-order valence-electron chi connectivity index (χ1n) is 6.40. The number of amides is 1. The van der Waals surface area contributed by atoms with Crippen LogP contribution >= 0.6 is 11.3 Å². The molecule has 0 bridgehead atoms. The predicted molar refractivity (Wildman–Crippen MR) is 81.1 cm³/mol. The van der Waals surface area contributed by atoms with Gasteiger partial charge in [-0.2, -0.15) is 4.99 Å². The van der Waals surface area contributed by atoms with Gasteiger partial charge in [0.15, 0.2) is 10.5 Å². The summed E-state index contributed by atoms with van der Waals surface area (Å²) in [5.74, 6) is 0.181. The summed E-state index contributed by atoms with van der Waals surface area (Å²) in [7, 11) is 0. The summed E-state index contributed by atoms with van der Waals surface area (Å²) in [6.07, 6.45) is 1.78. The van der Waals surface area contributed by atoms with Crippen molar-refractivity contribution < 1.29 is 9.32 Å². The number of thiazole rings is 1. The second-order valence-corrected chi connectivity index (χ2v) is 5.50. The lowest BCUT2D eigenvalue weighted by Crippen LogP contribution is -2.16. The molecule has 0 N–H and O–H groups in total. The molecule has 0 saturated carbocycles. The normalized spacial score (nSPS) is 12.0. The van der Waals surface area contributed by atoms with Gasteiger partial charge in [0.25, 0.3) is 0 Å². The molecule has 0 atom stereocenters. The predicted octanol–water partition coefficient (Wildman–Crippen LogP) is 2.93. The number of hydrogen-bond acceptors (Lipinski definition) is 4. The van der Waals surface area contributed by atoms with Gasteiger partial charge < -0.3 is 9.09 Å². The van der Waals surface area contributed by atoms with E-state index in [9.17, 15) is 4.79 Å². The van der Waals surface area contributed by atoms with Crippen LogP contribution < -0.4 is 4.80 Å². The molecule has 106 valence electrons. The van der Waals surface area contributed by atoms with Crippen LogP contribution in [0.3, 0.4) is 0 Å². The van der Waals surface area contributed by atoms with Gasteiger partial charge in [0.2, 0.25) is 0 Å². The average Bonchev–Trinajstić information content (AvgIpc) is 3.04. The number of carbonyl (C=O) groups excluding carboxylic acids is 1. The first kappa shape index (κ1) is 13.5. The Balaban J connectivity index is 2.14. The van der Waals surface area contributed by atoms with E-state index in [0.29, 0.717) is 17.1 Å². The number of aromatic nitrogens is 2. The maximum absolute atomic E-state index is 12.1. The maximum atomic E-state index is 12.1. The Labute approximate surface area is 124 Å². The number of carbonyl (C=O) groups is 1. The topological polar surface area (TPSA) is 60.4 Å². The molecule has 21 heavy (non-hydrogen) atoms. The fourth-order valence-electron chi connectivity index (χ4n) is 2.02. The molecule has 0 aliphatic rings. The van der Waals surface area contributed by atoms with E-state index in [2.05, 4.69) is 16.7 Å². The smallest absolute Gasteiger partial charge is 0.301 e.